The average Bonchev–Trinajstić information content (AvgIpc) is 1.85. The zero-order valence-corrected chi connectivity index (χ0v) is 10.9. The molecular weight excluding hydrogens is 283 g/mol. The number of ether oxygens (including phenoxy) is 1. The summed E-state index contributed by atoms with van der Waals surface area (Å²) in [6.07, 6.45) is 1.18. The third-order valence-electron chi connectivity index (χ3n) is 1.17. The molecule has 0 unspecified atom stereocenters. The van der Waals surface area contributed by atoms with Crippen LogP contribution in [0.1, 0.15) is 0 Å². The molecule has 4 nitrogen and oxygen atoms in total. The number of halogens is 1. The van der Waals surface area contributed by atoms with Crippen LogP contribution < -0.4 is 6.15 Å². The van der Waals surface area contributed by atoms with Crippen LogP contribution >= 0.6 is 24.0 Å². The highest BCUT2D eigenvalue weighted by molar-refractivity contribution is 14.0. The van der Waals surface area contributed by atoms with Crippen molar-refractivity contribution in [3.05, 3.63) is 12.7 Å². The van der Waals surface area contributed by atoms with E-state index in [9.17, 15) is 4.79 Å². The lowest BCUT2D eigenvalue weighted by molar-refractivity contribution is -0.870. The molecule has 0 aromatic rings. The third kappa shape index (κ3) is 14.7. The molecule has 0 aromatic heterocycles. The van der Waals surface area contributed by atoms with E-state index in [0.717, 1.165) is 11.0 Å². The largest absolute Gasteiger partial charge is 0.457 e. The lowest BCUT2D eigenvalue weighted by Crippen LogP contribution is -2.37. The summed E-state index contributed by atoms with van der Waals surface area (Å²) >= 11 is 0. The zero-order valence-electron chi connectivity index (χ0n) is 8.58. The van der Waals surface area contributed by atoms with Crippen LogP contribution in [0.15, 0.2) is 12.7 Å². The predicted octanol–water partition coefficient (Wildman–Crippen LogP) is 1.20. The minimum Gasteiger partial charge on any atom is -0.457 e. The molecule has 80 valence electrons. The van der Waals surface area contributed by atoms with E-state index >= 15 is 0 Å². The summed E-state index contributed by atoms with van der Waals surface area (Å²) in [6.45, 7) is 4.57. The summed E-state index contributed by atoms with van der Waals surface area (Å²) in [5, 5.41) is 0. The van der Waals surface area contributed by atoms with Gasteiger partial charge in [-0.05, 0) is 0 Å². The molecule has 0 bridgehead atoms. The molecule has 0 aliphatic rings. The summed E-state index contributed by atoms with van der Waals surface area (Å²) in [5.74, 6) is -0.349. The SMILES string of the molecule is C=CC(=O)OCC[N+](C)(C)C.I.N. The summed E-state index contributed by atoms with van der Waals surface area (Å²) in [6, 6.07) is 0. The van der Waals surface area contributed by atoms with Crippen LogP contribution in [0.3, 0.4) is 0 Å². The molecular formula is C8H20IN2O2+. The van der Waals surface area contributed by atoms with Gasteiger partial charge in [-0.15, -0.1) is 24.0 Å². The Labute approximate surface area is 97.1 Å². The smallest absolute Gasteiger partial charge is 0.330 e. The Bertz CT molecular complexity index is 155. The van der Waals surface area contributed by atoms with Crippen molar-refractivity contribution in [1.29, 1.82) is 0 Å². The minimum absolute atomic E-state index is 0. The lowest BCUT2D eigenvalue weighted by Gasteiger charge is -2.23. The normalized spacial score (nSPS) is 9.15. The van der Waals surface area contributed by atoms with E-state index in [1.165, 1.54) is 6.08 Å². The van der Waals surface area contributed by atoms with Crippen LogP contribution in [-0.2, 0) is 9.53 Å². The maximum atomic E-state index is 10.6. The highest BCUT2D eigenvalue weighted by Crippen LogP contribution is 1.89. The summed E-state index contributed by atoms with van der Waals surface area (Å²) < 4.78 is 5.59. The van der Waals surface area contributed by atoms with Gasteiger partial charge < -0.3 is 15.4 Å². The Morgan fingerprint density at radius 1 is 1.46 bits per heavy atom. The highest BCUT2D eigenvalue weighted by atomic mass is 127. The maximum absolute atomic E-state index is 10.6. The molecule has 0 saturated heterocycles. The summed E-state index contributed by atoms with van der Waals surface area (Å²) in [5.41, 5.74) is 0. The van der Waals surface area contributed by atoms with Crippen LogP contribution in [0, 0.1) is 0 Å². The Hall–Kier alpha value is -0.140. The molecule has 0 aromatic carbocycles. The molecule has 0 radical (unpaired) electrons. The van der Waals surface area contributed by atoms with Gasteiger partial charge in [0.15, 0.2) is 0 Å². The fraction of sp³-hybridized carbons (Fsp3) is 0.625. The second-order valence-corrected chi connectivity index (χ2v) is 3.39. The monoisotopic (exact) mass is 303 g/mol. The van der Waals surface area contributed by atoms with Crippen molar-refractivity contribution in [3.63, 3.8) is 0 Å². The van der Waals surface area contributed by atoms with E-state index in [1.807, 2.05) is 21.1 Å². The van der Waals surface area contributed by atoms with Gasteiger partial charge in [-0.25, -0.2) is 4.79 Å². The zero-order chi connectivity index (χ0) is 8.91. The molecule has 0 heterocycles. The maximum Gasteiger partial charge on any atom is 0.330 e. The third-order valence-corrected chi connectivity index (χ3v) is 1.17. The molecule has 0 amide bonds. The van der Waals surface area contributed by atoms with Gasteiger partial charge in [0, 0.05) is 6.08 Å². The molecule has 0 saturated carbocycles. The van der Waals surface area contributed by atoms with Gasteiger partial charge in [0.2, 0.25) is 0 Å². The van der Waals surface area contributed by atoms with E-state index in [-0.39, 0.29) is 36.1 Å². The van der Waals surface area contributed by atoms with Gasteiger partial charge in [-0.2, -0.15) is 0 Å². The number of carbonyl (C=O) groups is 1. The van der Waals surface area contributed by atoms with Gasteiger partial charge in [-0.3, -0.25) is 0 Å². The van der Waals surface area contributed by atoms with Gasteiger partial charge in [0.05, 0.1) is 21.1 Å². The van der Waals surface area contributed by atoms with Gasteiger partial charge >= 0.3 is 5.97 Å². The Kier molecular flexibility index (Phi) is 12.1. The Morgan fingerprint density at radius 3 is 2.23 bits per heavy atom. The van der Waals surface area contributed by atoms with Crippen molar-refractivity contribution in [2.75, 3.05) is 34.3 Å². The molecule has 5 heteroatoms. The van der Waals surface area contributed by atoms with Gasteiger partial charge in [-0.1, -0.05) is 6.58 Å². The van der Waals surface area contributed by atoms with Crippen molar-refractivity contribution < 1.29 is 14.0 Å². The molecule has 0 rings (SSSR count). The molecule has 0 aliphatic heterocycles. The summed E-state index contributed by atoms with van der Waals surface area (Å²) in [7, 11) is 6.13. The second kappa shape index (κ2) is 8.46. The van der Waals surface area contributed by atoms with Crippen molar-refractivity contribution in [2.24, 2.45) is 0 Å². The lowest BCUT2D eigenvalue weighted by atomic mass is 10.5. The van der Waals surface area contributed by atoms with Crippen LogP contribution in [0.2, 0.25) is 0 Å². The van der Waals surface area contributed by atoms with E-state index in [0.29, 0.717) is 6.61 Å². The first-order valence-corrected chi connectivity index (χ1v) is 3.55. The molecule has 13 heavy (non-hydrogen) atoms. The van der Waals surface area contributed by atoms with Crippen LogP contribution in [0.25, 0.3) is 0 Å². The molecule has 0 aliphatic carbocycles. The number of likely N-dealkylation sites (N-methyl/N-ethyl adjacent to an activating group) is 1. The second-order valence-electron chi connectivity index (χ2n) is 3.39. The minimum atomic E-state index is -0.349. The number of rotatable bonds is 4. The quantitative estimate of drug-likeness (QED) is 0.367. The fourth-order valence-electron chi connectivity index (χ4n) is 0.479. The number of hydrogen-bond acceptors (Lipinski definition) is 3. The Balaban J connectivity index is -0.000000500. The van der Waals surface area contributed by atoms with Crippen molar-refractivity contribution >= 4 is 29.9 Å². The van der Waals surface area contributed by atoms with Gasteiger partial charge in [0.1, 0.15) is 13.2 Å². The number of carbonyl (C=O) groups excluding carboxylic acids is 1. The molecule has 0 fully saturated rings. The number of hydrogen-bond donors (Lipinski definition) is 1. The number of esters is 1. The summed E-state index contributed by atoms with van der Waals surface area (Å²) in [4.78, 5) is 10.6. The van der Waals surface area contributed by atoms with E-state index in [2.05, 4.69) is 6.58 Å². The van der Waals surface area contributed by atoms with Crippen LogP contribution in [0.5, 0.6) is 0 Å². The predicted molar refractivity (Wildman–Crippen MR) is 64.5 cm³/mol. The molecule has 3 N–H and O–H groups in total. The van der Waals surface area contributed by atoms with E-state index in [4.69, 9.17) is 4.74 Å². The first kappa shape index (κ1) is 18.6. The topological polar surface area (TPSA) is 61.3 Å². The van der Waals surface area contributed by atoms with E-state index < -0.39 is 0 Å². The van der Waals surface area contributed by atoms with Crippen molar-refractivity contribution in [1.82, 2.24) is 6.15 Å². The first-order chi connectivity index (χ1) is 4.95. The standard InChI is InChI=1S/C8H16NO2.HI.H3N/c1-5-8(10)11-7-6-9(2,3)4;;/h5H,1,6-7H2,2-4H3;1H;1H3/q+1;;. The van der Waals surface area contributed by atoms with Crippen LogP contribution in [-0.4, -0.2) is 44.7 Å². The van der Waals surface area contributed by atoms with Crippen LogP contribution in [0.4, 0.5) is 0 Å². The number of nitrogens with zero attached hydrogens (tertiary/aromatic N) is 1. The van der Waals surface area contributed by atoms with Crippen molar-refractivity contribution in [3.8, 4) is 0 Å². The van der Waals surface area contributed by atoms with Gasteiger partial charge in [0.25, 0.3) is 0 Å². The Morgan fingerprint density at radius 2 is 1.92 bits per heavy atom. The fourth-order valence-corrected chi connectivity index (χ4v) is 0.479. The first-order valence-electron chi connectivity index (χ1n) is 3.55. The molecule has 0 spiro atoms. The average molecular weight is 303 g/mol. The number of quaternary nitrogens is 1. The molecule has 0 atom stereocenters. The van der Waals surface area contributed by atoms with E-state index in [1.54, 1.807) is 0 Å². The van der Waals surface area contributed by atoms with Crippen molar-refractivity contribution in [2.45, 2.75) is 0 Å². The highest BCUT2D eigenvalue weighted by Gasteiger charge is 2.06.